The first-order valence-corrected chi connectivity index (χ1v) is 8.62. The maximum atomic E-state index is 12.2. The van der Waals surface area contributed by atoms with Gasteiger partial charge in [0.05, 0.1) is 11.5 Å². The summed E-state index contributed by atoms with van der Waals surface area (Å²) in [5.41, 5.74) is 5.87. The number of likely N-dealkylation sites (N-methyl/N-ethyl adjacent to an activating group) is 1. The van der Waals surface area contributed by atoms with Crippen LogP contribution in [0.4, 0.5) is 0 Å². The highest BCUT2D eigenvalue weighted by Gasteiger charge is 2.30. The molecule has 0 aromatic heterocycles. The van der Waals surface area contributed by atoms with Crippen LogP contribution in [-0.4, -0.2) is 40.8 Å². The molecular formula is C16H18N2O4S2. The number of nitrogens with two attached hydrogens (primary N) is 1. The highest BCUT2D eigenvalue weighted by Crippen LogP contribution is 2.34. The third kappa shape index (κ3) is 4.27. The minimum atomic E-state index is -0.565. The van der Waals surface area contributed by atoms with Gasteiger partial charge >= 0.3 is 0 Å². The van der Waals surface area contributed by atoms with Gasteiger partial charge in [0, 0.05) is 6.54 Å². The summed E-state index contributed by atoms with van der Waals surface area (Å²) in [5.74, 6) is 0.247. The predicted molar refractivity (Wildman–Crippen MR) is 97.9 cm³/mol. The summed E-state index contributed by atoms with van der Waals surface area (Å²) in [5, 5.41) is 0. The van der Waals surface area contributed by atoms with E-state index >= 15 is 0 Å². The van der Waals surface area contributed by atoms with E-state index in [1.807, 2.05) is 13.8 Å². The first-order chi connectivity index (χ1) is 11.5. The fourth-order valence-corrected chi connectivity index (χ4v) is 3.46. The number of hydrogen-bond donors (Lipinski definition) is 1. The second-order valence-corrected chi connectivity index (χ2v) is 6.50. The average molecular weight is 366 g/mol. The molecule has 2 rings (SSSR count). The van der Waals surface area contributed by atoms with Crippen molar-refractivity contribution >= 4 is 46.2 Å². The molecule has 1 heterocycles. The van der Waals surface area contributed by atoms with E-state index in [1.165, 1.54) is 11.8 Å². The molecule has 0 unspecified atom stereocenters. The van der Waals surface area contributed by atoms with Crippen molar-refractivity contribution in [2.45, 2.75) is 13.8 Å². The monoisotopic (exact) mass is 366 g/mol. The normalized spacial score (nSPS) is 15.9. The maximum absolute atomic E-state index is 12.2. The summed E-state index contributed by atoms with van der Waals surface area (Å²) in [6.07, 6.45) is 1.76. The Morgan fingerprint density at radius 3 is 2.67 bits per heavy atom. The summed E-state index contributed by atoms with van der Waals surface area (Å²) in [7, 11) is 0. The number of nitrogens with zero attached hydrogens (tertiary/aromatic N) is 1. The molecular weight excluding hydrogens is 348 g/mol. The molecule has 0 aliphatic carbocycles. The lowest BCUT2D eigenvalue weighted by atomic mass is 10.2. The van der Waals surface area contributed by atoms with Gasteiger partial charge in [0.15, 0.2) is 18.1 Å². The van der Waals surface area contributed by atoms with E-state index in [2.05, 4.69) is 0 Å². The van der Waals surface area contributed by atoms with Crippen molar-refractivity contribution < 1.29 is 19.1 Å². The van der Waals surface area contributed by atoms with Crippen LogP contribution in [-0.2, 0) is 9.59 Å². The van der Waals surface area contributed by atoms with Crippen LogP contribution in [0.5, 0.6) is 11.5 Å². The third-order valence-electron chi connectivity index (χ3n) is 3.13. The van der Waals surface area contributed by atoms with Gasteiger partial charge in [-0.15, -0.1) is 0 Å². The minimum Gasteiger partial charge on any atom is -0.490 e. The van der Waals surface area contributed by atoms with E-state index in [-0.39, 0.29) is 12.5 Å². The number of primary amides is 1. The zero-order valence-corrected chi connectivity index (χ0v) is 15.0. The minimum absolute atomic E-state index is 0.0977. The molecule has 1 fully saturated rings. The fourth-order valence-electron chi connectivity index (χ4n) is 2.07. The molecule has 0 bridgehead atoms. The highest BCUT2D eigenvalue weighted by molar-refractivity contribution is 8.26. The van der Waals surface area contributed by atoms with E-state index in [1.54, 1.807) is 29.2 Å². The Morgan fingerprint density at radius 2 is 2.08 bits per heavy atom. The van der Waals surface area contributed by atoms with Gasteiger partial charge in [0.25, 0.3) is 11.8 Å². The van der Waals surface area contributed by atoms with E-state index in [9.17, 15) is 9.59 Å². The zero-order valence-electron chi connectivity index (χ0n) is 13.4. The van der Waals surface area contributed by atoms with E-state index in [4.69, 9.17) is 27.4 Å². The zero-order chi connectivity index (χ0) is 17.7. The first-order valence-electron chi connectivity index (χ1n) is 7.39. The number of carbonyl (C=O) groups excluding carboxylic acids is 2. The number of amides is 2. The van der Waals surface area contributed by atoms with Crippen molar-refractivity contribution in [1.29, 1.82) is 0 Å². The van der Waals surface area contributed by atoms with Crippen molar-refractivity contribution in [2.24, 2.45) is 5.73 Å². The van der Waals surface area contributed by atoms with Crippen LogP contribution in [0.25, 0.3) is 6.08 Å². The van der Waals surface area contributed by atoms with Crippen LogP contribution in [0.2, 0.25) is 0 Å². The van der Waals surface area contributed by atoms with Gasteiger partial charge in [-0.3, -0.25) is 14.5 Å². The summed E-state index contributed by atoms with van der Waals surface area (Å²) in [6, 6.07) is 5.20. The van der Waals surface area contributed by atoms with Crippen LogP contribution >= 0.6 is 24.0 Å². The van der Waals surface area contributed by atoms with Gasteiger partial charge in [-0.25, -0.2) is 0 Å². The number of thiocarbonyl (C=S) groups is 1. The number of rotatable bonds is 7. The number of hydrogen-bond acceptors (Lipinski definition) is 6. The van der Waals surface area contributed by atoms with Crippen molar-refractivity contribution in [3.8, 4) is 11.5 Å². The molecule has 1 aromatic rings. The van der Waals surface area contributed by atoms with Crippen molar-refractivity contribution in [2.75, 3.05) is 19.8 Å². The molecule has 1 saturated heterocycles. The first kappa shape index (κ1) is 18.3. The van der Waals surface area contributed by atoms with Gasteiger partial charge in [-0.2, -0.15) is 0 Å². The van der Waals surface area contributed by atoms with E-state index in [0.29, 0.717) is 33.9 Å². The summed E-state index contributed by atoms with van der Waals surface area (Å²) in [6.45, 7) is 4.48. The largest absolute Gasteiger partial charge is 0.490 e. The van der Waals surface area contributed by atoms with E-state index < -0.39 is 5.91 Å². The molecule has 1 aliphatic rings. The summed E-state index contributed by atoms with van der Waals surface area (Å²) < 4.78 is 11.4. The standard InChI is InChI=1S/C16H18N2O4S2/c1-3-18-15(20)13(24-16(18)23)8-10-5-6-11(22-9-14(17)19)12(7-10)21-4-2/h5-8H,3-4,9H2,1-2H3,(H2,17,19)/b13-8+. The summed E-state index contributed by atoms with van der Waals surface area (Å²) in [4.78, 5) is 25.2. The van der Waals surface area contributed by atoms with Gasteiger partial charge in [-0.1, -0.05) is 30.0 Å². The topological polar surface area (TPSA) is 81.9 Å². The molecule has 0 atom stereocenters. The fraction of sp³-hybridized carbons (Fsp3) is 0.312. The summed E-state index contributed by atoms with van der Waals surface area (Å²) >= 11 is 6.47. The van der Waals surface area contributed by atoms with Crippen molar-refractivity contribution in [1.82, 2.24) is 4.90 Å². The lowest BCUT2D eigenvalue weighted by molar-refractivity contribution is -0.122. The maximum Gasteiger partial charge on any atom is 0.266 e. The molecule has 1 aliphatic heterocycles. The van der Waals surface area contributed by atoms with Crippen LogP contribution in [0.3, 0.4) is 0 Å². The lowest BCUT2D eigenvalue weighted by Crippen LogP contribution is -2.27. The molecule has 24 heavy (non-hydrogen) atoms. The Bertz CT molecular complexity index is 703. The Morgan fingerprint density at radius 1 is 1.33 bits per heavy atom. The molecule has 128 valence electrons. The molecule has 2 amide bonds. The molecule has 6 nitrogen and oxygen atoms in total. The molecule has 2 N–H and O–H groups in total. The molecule has 0 saturated carbocycles. The van der Waals surface area contributed by atoms with Crippen LogP contribution in [0, 0.1) is 0 Å². The molecule has 1 aromatic carbocycles. The second kappa shape index (κ2) is 8.16. The van der Waals surface area contributed by atoms with E-state index in [0.717, 1.165) is 5.56 Å². The highest BCUT2D eigenvalue weighted by atomic mass is 32.2. The van der Waals surface area contributed by atoms with Gasteiger partial charge < -0.3 is 15.2 Å². The van der Waals surface area contributed by atoms with Gasteiger partial charge in [0.2, 0.25) is 0 Å². The SMILES string of the molecule is CCOc1cc(/C=C2/SC(=S)N(CC)C2=O)ccc1OCC(N)=O. The van der Waals surface area contributed by atoms with Crippen molar-refractivity contribution in [3.63, 3.8) is 0 Å². The quantitative estimate of drug-likeness (QED) is 0.588. The molecule has 0 spiro atoms. The average Bonchev–Trinajstić information content (AvgIpc) is 2.80. The number of thioether (sulfide) groups is 1. The Balaban J connectivity index is 2.26. The smallest absolute Gasteiger partial charge is 0.266 e. The van der Waals surface area contributed by atoms with Crippen molar-refractivity contribution in [3.05, 3.63) is 28.7 Å². The Labute approximate surface area is 150 Å². The Kier molecular flexibility index (Phi) is 6.22. The Hall–Kier alpha value is -2.06. The van der Waals surface area contributed by atoms with Gasteiger partial charge in [0.1, 0.15) is 4.32 Å². The number of ether oxygens (including phenoxy) is 2. The lowest BCUT2D eigenvalue weighted by Gasteiger charge is -2.12. The second-order valence-electron chi connectivity index (χ2n) is 4.82. The molecule has 0 radical (unpaired) electrons. The predicted octanol–water partition coefficient (Wildman–Crippen LogP) is 2.17. The van der Waals surface area contributed by atoms with Gasteiger partial charge in [-0.05, 0) is 37.6 Å². The van der Waals surface area contributed by atoms with Crippen LogP contribution in [0.1, 0.15) is 19.4 Å². The number of benzene rings is 1. The van der Waals surface area contributed by atoms with Crippen LogP contribution in [0.15, 0.2) is 23.1 Å². The molecule has 8 heteroatoms. The number of carbonyl (C=O) groups is 2. The van der Waals surface area contributed by atoms with Crippen LogP contribution < -0.4 is 15.2 Å². The third-order valence-corrected chi connectivity index (χ3v) is 4.50.